The minimum absolute atomic E-state index is 0.148. The van der Waals surface area contributed by atoms with Crippen molar-refractivity contribution in [3.63, 3.8) is 0 Å². The summed E-state index contributed by atoms with van der Waals surface area (Å²) in [4.78, 5) is 10.7. The van der Waals surface area contributed by atoms with E-state index in [-0.39, 0.29) is 17.9 Å². The lowest BCUT2D eigenvalue weighted by atomic mass is 9.90. The van der Waals surface area contributed by atoms with Gasteiger partial charge < -0.3 is 11.5 Å². The molecular formula is C7H12N2O. The Morgan fingerprint density at radius 1 is 1.60 bits per heavy atom. The fourth-order valence-electron chi connectivity index (χ4n) is 1.19. The Bertz CT molecular complexity index is 165. The van der Waals surface area contributed by atoms with Crippen molar-refractivity contribution < 1.29 is 4.79 Å². The number of carbonyl (C=O) groups is 1. The molecule has 3 heteroatoms. The molecule has 0 bridgehead atoms. The second-order valence-electron chi connectivity index (χ2n) is 2.59. The second kappa shape index (κ2) is 2.84. The van der Waals surface area contributed by atoms with E-state index in [2.05, 4.69) is 0 Å². The predicted molar refractivity (Wildman–Crippen MR) is 39.0 cm³/mol. The Kier molecular flexibility index (Phi) is 2.06. The van der Waals surface area contributed by atoms with E-state index in [0.29, 0.717) is 0 Å². The van der Waals surface area contributed by atoms with Gasteiger partial charge in [0.15, 0.2) is 0 Å². The summed E-state index contributed by atoms with van der Waals surface area (Å²) in [6, 6.07) is -0.161. The molecule has 0 aromatic rings. The van der Waals surface area contributed by atoms with Crippen LogP contribution in [0.4, 0.5) is 0 Å². The maximum Gasteiger partial charge on any atom is 0.222 e. The highest BCUT2D eigenvalue weighted by atomic mass is 16.1. The molecule has 10 heavy (non-hydrogen) atoms. The molecule has 1 aliphatic carbocycles. The summed E-state index contributed by atoms with van der Waals surface area (Å²) in [5.41, 5.74) is 10.7. The Balaban J connectivity index is 2.60. The van der Waals surface area contributed by atoms with Gasteiger partial charge in [0.25, 0.3) is 0 Å². The van der Waals surface area contributed by atoms with Gasteiger partial charge in [-0.05, 0) is 12.8 Å². The van der Waals surface area contributed by atoms with Gasteiger partial charge in [-0.2, -0.15) is 0 Å². The highest BCUT2D eigenvalue weighted by Crippen LogP contribution is 2.16. The van der Waals surface area contributed by atoms with Gasteiger partial charge in [-0.15, -0.1) is 0 Å². The van der Waals surface area contributed by atoms with Gasteiger partial charge in [-0.1, -0.05) is 12.2 Å². The van der Waals surface area contributed by atoms with Gasteiger partial charge in [-0.25, -0.2) is 0 Å². The maximum atomic E-state index is 10.7. The number of hydrogen-bond donors (Lipinski definition) is 2. The van der Waals surface area contributed by atoms with Crippen molar-refractivity contribution >= 4 is 5.91 Å². The molecule has 1 aliphatic rings. The van der Waals surface area contributed by atoms with Crippen LogP contribution in [0.1, 0.15) is 12.8 Å². The van der Waals surface area contributed by atoms with Crippen LogP contribution >= 0.6 is 0 Å². The van der Waals surface area contributed by atoms with E-state index in [1.807, 2.05) is 12.2 Å². The summed E-state index contributed by atoms with van der Waals surface area (Å²) in [7, 11) is 0. The average Bonchev–Trinajstić information content (AvgIpc) is 1.88. The van der Waals surface area contributed by atoms with E-state index in [0.717, 1.165) is 12.8 Å². The van der Waals surface area contributed by atoms with Crippen LogP contribution in [-0.4, -0.2) is 11.9 Å². The number of rotatable bonds is 1. The lowest BCUT2D eigenvalue weighted by Crippen LogP contribution is -2.39. The van der Waals surface area contributed by atoms with Gasteiger partial charge >= 0.3 is 0 Å². The van der Waals surface area contributed by atoms with Gasteiger partial charge in [0, 0.05) is 6.04 Å². The van der Waals surface area contributed by atoms with Crippen molar-refractivity contribution in [3.8, 4) is 0 Å². The van der Waals surface area contributed by atoms with Crippen molar-refractivity contribution in [3.05, 3.63) is 12.2 Å². The molecule has 2 atom stereocenters. The zero-order chi connectivity index (χ0) is 7.56. The van der Waals surface area contributed by atoms with E-state index in [9.17, 15) is 4.79 Å². The molecular weight excluding hydrogens is 128 g/mol. The summed E-state index contributed by atoms with van der Waals surface area (Å²) in [6.45, 7) is 0. The summed E-state index contributed by atoms with van der Waals surface area (Å²) < 4.78 is 0. The smallest absolute Gasteiger partial charge is 0.222 e. The number of hydrogen-bond acceptors (Lipinski definition) is 2. The lowest BCUT2D eigenvalue weighted by Gasteiger charge is -2.20. The molecule has 0 heterocycles. The molecule has 0 aromatic carbocycles. The first-order valence-electron chi connectivity index (χ1n) is 3.43. The third-order valence-corrected chi connectivity index (χ3v) is 1.83. The van der Waals surface area contributed by atoms with E-state index < -0.39 is 0 Å². The van der Waals surface area contributed by atoms with Crippen LogP contribution in [-0.2, 0) is 4.79 Å². The van der Waals surface area contributed by atoms with Crippen LogP contribution < -0.4 is 11.5 Å². The summed E-state index contributed by atoms with van der Waals surface area (Å²) in [5.74, 6) is -0.429. The van der Waals surface area contributed by atoms with Crippen molar-refractivity contribution in [1.29, 1.82) is 0 Å². The van der Waals surface area contributed by atoms with Crippen LogP contribution in [0.25, 0.3) is 0 Å². The monoisotopic (exact) mass is 140 g/mol. The van der Waals surface area contributed by atoms with Crippen molar-refractivity contribution in [2.75, 3.05) is 0 Å². The summed E-state index contributed by atoms with van der Waals surface area (Å²) in [5, 5.41) is 0. The highest BCUT2D eigenvalue weighted by Gasteiger charge is 2.22. The molecule has 1 amide bonds. The standard InChI is InChI=1S/C7H12N2O/c8-6-4-2-1-3-5(6)7(9)10/h2,4-6H,1,3,8H2,(H2,9,10)/t5?,6-/m1/s1. The first kappa shape index (κ1) is 7.28. The Morgan fingerprint density at radius 3 is 2.70 bits per heavy atom. The number of allylic oxidation sites excluding steroid dienone is 1. The topological polar surface area (TPSA) is 69.1 Å². The first-order valence-corrected chi connectivity index (χ1v) is 3.43. The van der Waals surface area contributed by atoms with Crippen LogP contribution in [0.3, 0.4) is 0 Å². The van der Waals surface area contributed by atoms with E-state index >= 15 is 0 Å². The largest absolute Gasteiger partial charge is 0.369 e. The SMILES string of the molecule is NC(=O)C1CCC=C[C@H]1N. The van der Waals surface area contributed by atoms with Gasteiger partial charge in [0.1, 0.15) is 0 Å². The quantitative estimate of drug-likeness (QED) is 0.494. The minimum atomic E-state index is -0.281. The fraction of sp³-hybridized carbons (Fsp3) is 0.571. The Labute approximate surface area is 60.1 Å². The van der Waals surface area contributed by atoms with Crippen LogP contribution in [0.5, 0.6) is 0 Å². The molecule has 1 unspecified atom stereocenters. The van der Waals surface area contributed by atoms with Crippen LogP contribution in [0, 0.1) is 5.92 Å². The molecule has 3 nitrogen and oxygen atoms in total. The van der Waals surface area contributed by atoms with Crippen molar-refractivity contribution in [2.45, 2.75) is 18.9 Å². The van der Waals surface area contributed by atoms with Crippen molar-refractivity contribution in [2.24, 2.45) is 17.4 Å². The maximum absolute atomic E-state index is 10.7. The predicted octanol–water partition coefficient (Wildman–Crippen LogP) is -0.235. The zero-order valence-electron chi connectivity index (χ0n) is 5.79. The molecule has 56 valence electrons. The van der Waals surface area contributed by atoms with Gasteiger partial charge in [0.2, 0.25) is 5.91 Å². The molecule has 0 fully saturated rings. The molecule has 0 spiro atoms. The fourth-order valence-corrected chi connectivity index (χ4v) is 1.19. The van der Waals surface area contributed by atoms with Crippen LogP contribution in [0.2, 0.25) is 0 Å². The minimum Gasteiger partial charge on any atom is -0.369 e. The van der Waals surface area contributed by atoms with E-state index in [4.69, 9.17) is 11.5 Å². The molecule has 0 radical (unpaired) electrons. The van der Waals surface area contributed by atoms with E-state index in [1.54, 1.807) is 0 Å². The first-order chi connectivity index (χ1) is 4.72. The molecule has 1 rings (SSSR count). The summed E-state index contributed by atoms with van der Waals surface area (Å²) >= 11 is 0. The highest BCUT2D eigenvalue weighted by molar-refractivity contribution is 5.77. The number of primary amides is 1. The number of nitrogens with two attached hydrogens (primary N) is 2. The Morgan fingerprint density at radius 2 is 2.30 bits per heavy atom. The number of amides is 1. The molecule has 4 N–H and O–H groups in total. The second-order valence-corrected chi connectivity index (χ2v) is 2.59. The molecule has 0 aromatic heterocycles. The van der Waals surface area contributed by atoms with Crippen molar-refractivity contribution in [1.82, 2.24) is 0 Å². The van der Waals surface area contributed by atoms with Gasteiger partial charge in [-0.3, -0.25) is 4.79 Å². The van der Waals surface area contributed by atoms with E-state index in [1.165, 1.54) is 0 Å². The van der Waals surface area contributed by atoms with Crippen LogP contribution in [0.15, 0.2) is 12.2 Å². The normalized spacial score (nSPS) is 32.1. The molecule has 0 aliphatic heterocycles. The molecule has 0 saturated heterocycles. The number of carbonyl (C=O) groups excluding carboxylic acids is 1. The average molecular weight is 140 g/mol. The molecule has 0 saturated carbocycles. The summed E-state index contributed by atoms with van der Waals surface area (Å²) in [6.07, 6.45) is 5.55. The Hall–Kier alpha value is -0.830. The van der Waals surface area contributed by atoms with Gasteiger partial charge in [0.05, 0.1) is 5.92 Å². The zero-order valence-corrected chi connectivity index (χ0v) is 5.79. The lowest BCUT2D eigenvalue weighted by molar-refractivity contribution is -0.122. The third-order valence-electron chi connectivity index (χ3n) is 1.83. The third kappa shape index (κ3) is 1.36.